The number of nitrogens with zero attached hydrogens (tertiary/aromatic N) is 1. The number of benzene rings is 2. The van der Waals surface area contributed by atoms with E-state index in [0.29, 0.717) is 22.8 Å². The molecule has 0 bridgehead atoms. The molecule has 0 aliphatic rings. The second-order valence-corrected chi connectivity index (χ2v) is 8.98. The number of ether oxygens (including phenoxy) is 1. The van der Waals surface area contributed by atoms with Crippen molar-refractivity contribution < 1.29 is 14.3 Å². The average Bonchev–Trinajstić information content (AvgIpc) is 2.83. The fourth-order valence-electron chi connectivity index (χ4n) is 3.59. The molecule has 0 saturated heterocycles. The first-order valence-corrected chi connectivity index (χ1v) is 12.9. The number of hydrazone groups is 1. The Balaban J connectivity index is 1.56. The minimum Gasteiger partial charge on any atom is -0.423 e. The largest absolute Gasteiger partial charge is 0.423 e. The molecule has 0 spiro atoms. The summed E-state index contributed by atoms with van der Waals surface area (Å²) in [6, 6.07) is 13.5. The van der Waals surface area contributed by atoms with Crippen molar-refractivity contribution in [2.45, 2.75) is 84.0 Å². The van der Waals surface area contributed by atoms with Crippen LogP contribution in [0.5, 0.6) is 5.75 Å². The normalized spacial score (nSPS) is 11.0. The van der Waals surface area contributed by atoms with Gasteiger partial charge in [-0.25, -0.2) is 10.2 Å². The Hall–Kier alpha value is -2.66. The van der Waals surface area contributed by atoms with Crippen molar-refractivity contribution in [2.24, 2.45) is 5.10 Å². The Kier molecular flexibility index (Phi) is 13.7. The van der Waals surface area contributed by atoms with Crippen molar-refractivity contribution in [1.82, 2.24) is 5.43 Å². The summed E-state index contributed by atoms with van der Waals surface area (Å²) in [5, 5.41) is 4.49. The lowest BCUT2D eigenvalue weighted by atomic mass is 10.1. The summed E-state index contributed by atoms with van der Waals surface area (Å²) in [5.74, 6) is -0.125. The molecule has 0 atom stereocenters. The summed E-state index contributed by atoms with van der Waals surface area (Å²) in [7, 11) is 0. The molecular weight excluding hydrogens is 448 g/mol. The van der Waals surface area contributed by atoms with Crippen LogP contribution >= 0.6 is 11.6 Å². The first-order valence-electron chi connectivity index (χ1n) is 12.5. The van der Waals surface area contributed by atoms with Gasteiger partial charge in [0.2, 0.25) is 5.91 Å². The smallest absolute Gasteiger partial charge is 0.343 e. The van der Waals surface area contributed by atoms with Crippen LogP contribution in [0.4, 0.5) is 0 Å². The molecule has 0 aliphatic carbocycles. The minimum absolute atomic E-state index is 0.0701. The zero-order valence-electron chi connectivity index (χ0n) is 20.2. The second-order valence-electron chi connectivity index (χ2n) is 8.55. The van der Waals surface area contributed by atoms with Crippen LogP contribution < -0.4 is 10.2 Å². The Labute approximate surface area is 208 Å². The van der Waals surface area contributed by atoms with Crippen LogP contribution in [-0.2, 0) is 4.79 Å². The highest BCUT2D eigenvalue weighted by Gasteiger charge is 2.08. The van der Waals surface area contributed by atoms with Gasteiger partial charge in [0.25, 0.3) is 0 Å². The molecule has 0 heterocycles. The van der Waals surface area contributed by atoms with E-state index in [4.69, 9.17) is 16.3 Å². The van der Waals surface area contributed by atoms with Crippen molar-refractivity contribution in [3.05, 3.63) is 64.7 Å². The van der Waals surface area contributed by atoms with E-state index in [2.05, 4.69) is 17.5 Å². The summed E-state index contributed by atoms with van der Waals surface area (Å²) >= 11 is 5.91. The van der Waals surface area contributed by atoms with E-state index < -0.39 is 5.97 Å². The van der Waals surface area contributed by atoms with E-state index in [-0.39, 0.29) is 5.91 Å². The molecule has 184 valence electrons. The summed E-state index contributed by atoms with van der Waals surface area (Å²) in [6.07, 6.45) is 15.9. The van der Waals surface area contributed by atoms with Crippen molar-refractivity contribution >= 4 is 29.7 Å². The molecule has 0 aliphatic heterocycles. The van der Waals surface area contributed by atoms with E-state index in [1.807, 2.05) is 0 Å². The third-order valence-corrected chi connectivity index (χ3v) is 5.80. The number of carbonyl (C=O) groups is 2. The zero-order valence-corrected chi connectivity index (χ0v) is 21.0. The van der Waals surface area contributed by atoms with Crippen LogP contribution in [0, 0.1) is 0 Å². The van der Waals surface area contributed by atoms with Gasteiger partial charge in [-0.15, -0.1) is 0 Å². The first-order chi connectivity index (χ1) is 16.6. The second kappa shape index (κ2) is 16.9. The van der Waals surface area contributed by atoms with Gasteiger partial charge in [0.1, 0.15) is 5.75 Å². The Morgan fingerprint density at radius 2 is 1.50 bits per heavy atom. The molecule has 6 heteroatoms. The van der Waals surface area contributed by atoms with Gasteiger partial charge in [-0.1, -0.05) is 88.8 Å². The number of nitrogens with one attached hydrogen (secondary N) is 1. The van der Waals surface area contributed by atoms with Crippen molar-refractivity contribution in [3.8, 4) is 5.75 Å². The number of amides is 1. The lowest BCUT2D eigenvalue weighted by molar-refractivity contribution is -0.121. The number of halogens is 1. The molecule has 0 fully saturated rings. The molecule has 0 unspecified atom stereocenters. The number of esters is 1. The number of unbranched alkanes of at least 4 members (excludes halogenated alkanes) is 10. The minimum atomic E-state index is -0.474. The summed E-state index contributed by atoms with van der Waals surface area (Å²) in [5.41, 5.74) is 3.75. The maximum absolute atomic E-state index is 12.2. The predicted octanol–water partition coefficient (Wildman–Crippen LogP) is 7.71. The molecule has 2 rings (SSSR count). The molecule has 1 amide bonds. The molecule has 34 heavy (non-hydrogen) atoms. The SMILES string of the molecule is CCCCCCCCCCCCCC(=O)N/N=C\c1ccc(OC(=O)c2cccc(Cl)c2)cc1. The highest BCUT2D eigenvalue weighted by Crippen LogP contribution is 2.16. The van der Waals surface area contributed by atoms with E-state index in [1.54, 1.807) is 54.7 Å². The third-order valence-electron chi connectivity index (χ3n) is 5.56. The fraction of sp³-hybridized carbons (Fsp3) is 0.464. The molecule has 2 aromatic rings. The predicted molar refractivity (Wildman–Crippen MR) is 140 cm³/mol. The Morgan fingerprint density at radius 3 is 2.12 bits per heavy atom. The molecule has 5 nitrogen and oxygen atoms in total. The fourth-order valence-corrected chi connectivity index (χ4v) is 3.78. The van der Waals surface area contributed by atoms with E-state index in [9.17, 15) is 9.59 Å². The van der Waals surface area contributed by atoms with Gasteiger partial charge in [0.05, 0.1) is 11.8 Å². The lowest BCUT2D eigenvalue weighted by Crippen LogP contribution is -2.16. The highest BCUT2D eigenvalue weighted by molar-refractivity contribution is 6.30. The topological polar surface area (TPSA) is 67.8 Å². The van der Waals surface area contributed by atoms with Gasteiger partial charge in [-0.2, -0.15) is 5.10 Å². The van der Waals surface area contributed by atoms with Gasteiger partial charge >= 0.3 is 5.97 Å². The number of hydrogen-bond acceptors (Lipinski definition) is 4. The zero-order chi connectivity index (χ0) is 24.4. The van der Waals surface area contributed by atoms with E-state index >= 15 is 0 Å². The molecule has 1 N–H and O–H groups in total. The van der Waals surface area contributed by atoms with Crippen LogP contribution in [0.15, 0.2) is 53.6 Å². The molecule has 0 saturated carbocycles. The van der Waals surface area contributed by atoms with Gasteiger partial charge in [0.15, 0.2) is 0 Å². The maximum Gasteiger partial charge on any atom is 0.343 e. The number of hydrogen-bond donors (Lipinski definition) is 1. The van der Waals surface area contributed by atoms with Gasteiger partial charge in [-0.05, 0) is 54.4 Å². The average molecular weight is 485 g/mol. The van der Waals surface area contributed by atoms with Crippen molar-refractivity contribution in [1.29, 1.82) is 0 Å². The Morgan fingerprint density at radius 1 is 0.882 bits per heavy atom. The van der Waals surface area contributed by atoms with Crippen LogP contribution in [0.25, 0.3) is 0 Å². The molecule has 2 aromatic carbocycles. The molecule has 0 aromatic heterocycles. The first kappa shape index (κ1) is 27.6. The van der Waals surface area contributed by atoms with Crippen LogP contribution in [-0.4, -0.2) is 18.1 Å². The number of carbonyl (C=O) groups excluding carboxylic acids is 2. The van der Waals surface area contributed by atoms with E-state index in [0.717, 1.165) is 18.4 Å². The molecular formula is C28H37ClN2O3. The number of rotatable bonds is 16. The molecule has 0 radical (unpaired) electrons. The third kappa shape index (κ3) is 12.0. The summed E-state index contributed by atoms with van der Waals surface area (Å²) in [4.78, 5) is 24.1. The van der Waals surface area contributed by atoms with Gasteiger partial charge in [-0.3, -0.25) is 4.79 Å². The quantitative estimate of drug-likeness (QED) is 0.0871. The van der Waals surface area contributed by atoms with Gasteiger partial charge < -0.3 is 4.74 Å². The van der Waals surface area contributed by atoms with Crippen LogP contribution in [0.1, 0.15) is 99.9 Å². The standard InChI is InChI=1S/C28H37ClN2O3/c1-2-3-4-5-6-7-8-9-10-11-12-16-27(32)31-30-22-23-17-19-26(20-18-23)34-28(33)24-14-13-15-25(29)21-24/h13-15,17-22H,2-12,16H2,1H3,(H,31,32)/b30-22-. The monoisotopic (exact) mass is 484 g/mol. The van der Waals surface area contributed by atoms with Crippen LogP contribution in [0.2, 0.25) is 5.02 Å². The van der Waals surface area contributed by atoms with Crippen molar-refractivity contribution in [3.63, 3.8) is 0 Å². The van der Waals surface area contributed by atoms with Gasteiger partial charge in [0, 0.05) is 11.4 Å². The highest BCUT2D eigenvalue weighted by atomic mass is 35.5. The summed E-state index contributed by atoms with van der Waals surface area (Å²) in [6.45, 7) is 2.25. The maximum atomic E-state index is 12.2. The van der Waals surface area contributed by atoms with Crippen molar-refractivity contribution in [2.75, 3.05) is 0 Å². The summed E-state index contributed by atoms with van der Waals surface area (Å²) < 4.78 is 5.35. The lowest BCUT2D eigenvalue weighted by Gasteiger charge is -2.05. The van der Waals surface area contributed by atoms with E-state index in [1.165, 1.54) is 57.8 Å². The Bertz CT molecular complexity index is 897. The van der Waals surface area contributed by atoms with Crippen LogP contribution in [0.3, 0.4) is 0 Å².